The average molecular weight is 1230 g/mol. The van der Waals surface area contributed by atoms with Gasteiger partial charge < -0.3 is 88.6 Å². The lowest BCUT2D eigenvalue weighted by Crippen LogP contribution is -2.54. The van der Waals surface area contributed by atoms with E-state index in [-0.39, 0.29) is 103 Å². The number of methoxy groups -OCH3 is 1. The zero-order valence-electron chi connectivity index (χ0n) is 50.7. The molecule has 0 spiro atoms. The fourth-order valence-electron chi connectivity index (χ4n) is 10.9. The molecule has 3 atom stereocenters. The van der Waals surface area contributed by atoms with Crippen molar-refractivity contribution in [1.82, 2.24) is 38.4 Å². The predicted molar refractivity (Wildman–Crippen MR) is 327 cm³/mol. The van der Waals surface area contributed by atoms with Crippen LogP contribution in [0.4, 0.5) is 38.9 Å². The molecule has 9 amide bonds. The van der Waals surface area contributed by atoms with E-state index >= 15 is 0 Å². The molecule has 2 saturated heterocycles. The van der Waals surface area contributed by atoms with Crippen LogP contribution in [0.5, 0.6) is 11.5 Å². The first-order valence-corrected chi connectivity index (χ1v) is 29.1. The smallest absolute Gasteiger partial charge is 0.416 e. The van der Waals surface area contributed by atoms with Gasteiger partial charge in [0.15, 0.2) is 24.0 Å². The maximum Gasteiger partial charge on any atom is 0.416 e. The Hall–Kier alpha value is -10.1. The van der Waals surface area contributed by atoms with Gasteiger partial charge in [0.1, 0.15) is 35.1 Å². The minimum atomic E-state index is -0.929. The Kier molecular flexibility index (Phi) is 20.1. The average Bonchev–Trinajstić information content (AvgIpc) is 1.67. The van der Waals surface area contributed by atoms with Crippen LogP contribution in [-0.2, 0) is 59.0 Å². The lowest BCUT2D eigenvalue weighted by molar-refractivity contribution is -0.195. The van der Waals surface area contributed by atoms with E-state index in [4.69, 9.17) is 23.7 Å². The maximum absolute atomic E-state index is 14.2. The highest BCUT2D eigenvalue weighted by Crippen LogP contribution is 2.43. The highest BCUT2D eigenvalue weighted by atomic mass is 16.7. The van der Waals surface area contributed by atoms with Gasteiger partial charge in [-0.3, -0.25) is 38.4 Å². The van der Waals surface area contributed by atoms with Crippen LogP contribution in [0.3, 0.4) is 0 Å². The van der Waals surface area contributed by atoms with Crippen LogP contribution in [0.25, 0.3) is 0 Å². The Morgan fingerprint density at radius 1 is 0.618 bits per heavy atom. The second kappa shape index (κ2) is 28.2. The first-order chi connectivity index (χ1) is 42.7. The number of aromatic nitrogens is 5. The van der Waals surface area contributed by atoms with Gasteiger partial charge in [-0.05, 0) is 81.3 Å². The molecule has 1 unspecified atom stereocenters. The van der Waals surface area contributed by atoms with Gasteiger partial charge in [0.05, 0.1) is 59.4 Å². The normalized spacial score (nSPS) is 16.1. The number of carbonyl (C=O) groups is 9. The second-order valence-electron chi connectivity index (χ2n) is 21.8. The summed E-state index contributed by atoms with van der Waals surface area (Å²) in [7, 11) is 9.73. The summed E-state index contributed by atoms with van der Waals surface area (Å²) in [5.41, 5.74) is 3.60. The molecule has 28 nitrogen and oxygen atoms in total. The predicted octanol–water partition coefficient (Wildman–Crippen LogP) is 6.07. The van der Waals surface area contributed by atoms with Crippen LogP contribution in [0.1, 0.15) is 121 Å². The highest BCUT2D eigenvalue weighted by molar-refractivity contribution is 6.09. The summed E-state index contributed by atoms with van der Waals surface area (Å²) >= 11 is 0. The van der Waals surface area contributed by atoms with E-state index in [2.05, 4.69) is 43.8 Å². The van der Waals surface area contributed by atoms with Crippen molar-refractivity contribution in [3.8, 4) is 11.5 Å². The van der Waals surface area contributed by atoms with Gasteiger partial charge in [-0.1, -0.05) is 12.7 Å². The third kappa shape index (κ3) is 15.0. The molecule has 7 N–H and O–H groups in total. The van der Waals surface area contributed by atoms with Crippen LogP contribution in [0, 0.1) is 0 Å². The number of rotatable bonds is 24. The van der Waals surface area contributed by atoms with Crippen LogP contribution in [-0.4, -0.2) is 146 Å². The third-order valence-corrected chi connectivity index (χ3v) is 15.2. The Labute approximate surface area is 512 Å². The van der Waals surface area contributed by atoms with Crippen molar-refractivity contribution in [1.29, 1.82) is 0 Å². The first-order valence-electron chi connectivity index (χ1n) is 29.1. The van der Waals surface area contributed by atoms with Gasteiger partial charge in [-0.2, -0.15) is 0 Å². The molecule has 3 aliphatic heterocycles. The van der Waals surface area contributed by atoms with E-state index in [1.165, 1.54) is 53.8 Å². The van der Waals surface area contributed by atoms with Crippen molar-refractivity contribution in [3.05, 3.63) is 120 Å². The molecule has 28 heteroatoms. The lowest BCUT2D eigenvalue weighted by atomic mass is 10.1. The molecule has 0 saturated carbocycles. The van der Waals surface area contributed by atoms with Crippen LogP contribution in [0.15, 0.2) is 86.1 Å². The molecular formula is C61H74N14O14. The Bertz CT molecular complexity index is 3690. The van der Waals surface area contributed by atoms with Gasteiger partial charge in [-0.15, -0.1) is 0 Å². The van der Waals surface area contributed by atoms with E-state index < -0.39 is 48.3 Å². The number of hydrogen-bond donors (Lipinski definition) is 7. The molecule has 1 aromatic carbocycles. The third-order valence-electron chi connectivity index (χ3n) is 15.2. The monoisotopic (exact) mass is 1230 g/mol. The first kappa shape index (κ1) is 63.4. The van der Waals surface area contributed by atoms with Gasteiger partial charge in [0.2, 0.25) is 11.8 Å². The maximum atomic E-state index is 14.2. The summed E-state index contributed by atoms with van der Waals surface area (Å²) in [5.74, 6) is -2.69. The SMILES string of the molecule is C=CCOC(=O)N1c2cc(OCCCC(=O)Nc3cc(C(=O)Nc4cc(C(=O)Nc5cc(C(=O)NCCCNC(=O)c6cc(NC(=O)c7cc(NC(C)=O)cn7C)cn6C)n(C)c5)n(C)c4)n(C)c3)c(OC)cc2C(=O)N2CCC[C@H]2[C@@H]1OC1CCCCO1. The number of fused-ring (bicyclic) bond motifs is 2. The molecule has 89 heavy (non-hydrogen) atoms. The molecule has 5 aromatic heterocycles. The van der Waals surface area contributed by atoms with Crippen molar-refractivity contribution in [2.24, 2.45) is 35.2 Å². The summed E-state index contributed by atoms with van der Waals surface area (Å²) < 4.78 is 37.7. The molecule has 2 fully saturated rings. The van der Waals surface area contributed by atoms with Crippen LogP contribution < -0.4 is 51.6 Å². The summed E-state index contributed by atoms with van der Waals surface area (Å²) in [6, 6.07) is 10.3. The number of nitrogens with zero attached hydrogens (tertiary/aromatic N) is 7. The van der Waals surface area contributed by atoms with Crippen LogP contribution >= 0.6 is 0 Å². The zero-order valence-corrected chi connectivity index (χ0v) is 50.7. The topological polar surface area (TPSA) is 315 Å². The number of amides is 9. The highest BCUT2D eigenvalue weighted by Gasteiger charge is 2.48. The van der Waals surface area contributed by atoms with Gasteiger partial charge in [-0.25, -0.2) is 9.69 Å². The van der Waals surface area contributed by atoms with Crippen molar-refractivity contribution < 1.29 is 66.8 Å². The Morgan fingerprint density at radius 3 is 1.61 bits per heavy atom. The molecule has 0 radical (unpaired) electrons. The molecular weight excluding hydrogens is 1150 g/mol. The second-order valence-corrected chi connectivity index (χ2v) is 21.8. The number of benzene rings is 1. The van der Waals surface area contributed by atoms with Crippen molar-refractivity contribution in [2.45, 2.75) is 76.9 Å². The molecule has 8 heterocycles. The fourth-order valence-corrected chi connectivity index (χ4v) is 10.9. The number of carbonyl (C=O) groups excluding carboxylic acids is 9. The van der Waals surface area contributed by atoms with Gasteiger partial charge >= 0.3 is 6.09 Å². The van der Waals surface area contributed by atoms with Crippen molar-refractivity contribution >= 4 is 87.5 Å². The summed E-state index contributed by atoms with van der Waals surface area (Å²) in [4.78, 5) is 122. The zero-order chi connectivity index (χ0) is 63.6. The van der Waals surface area contributed by atoms with Gasteiger partial charge in [0, 0.05) is 112 Å². The number of ether oxygens (including phenoxy) is 5. The largest absolute Gasteiger partial charge is 0.493 e. The number of aryl methyl sites for hydroxylation is 5. The van der Waals surface area contributed by atoms with Crippen LogP contribution in [0.2, 0.25) is 0 Å². The Balaban J connectivity index is 0.727. The minimum absolute atomic E-state index is 0.0255. The summed E-state index contributed by atoms with van der Waals surface area (Å²) in [6.45, 7) is 6.46. The summed E-state index contributed by atoms with van der Waals surface area (Å²) in [5, 5.41) is 19.5. The molecule has 9 rings (SSSR count). The van der Waals surface area contributed by atoms with Gasteiger partial charge in [0.25, 0.3) is 35.4 Å². The van der Waals surface area contributed by atoms with E-state index in [1.54, 1.807) is 108 Å². The quantitative estimate of drug-likeness (QED) is 0.0267. The molecule has 3 aliphatic rings. The Morgan fingerprint density at radius 2 is 1.12 bits per heavy atom. The van der Waals surface area contributed by atoms with E-state index in [0.717, 1.165) is 19.3 Å². The lowest BCUT2D eigenvalue weighted by Gasteiger charge is -2.38. The van der Waals surface area contributed by atoms with Crippen molar-refractivity contribution in [3.63, 3.8) is 0 Å². The minimum Gasteiger partial charge on any atom is -0.493 e. The van der Waals surface area contributed by atoms with E-state index in [0.29, 0.717) is 72.2 Å². The molecule has 0 bridgehead atoms. The van der Waals surface area contributed by atoms with E-state index in [1.807, 2.05) is 0 Å². The fraction of sp³-hybridized carbons (Fsp3) is 0.393. The number of hydrogen-bond acceptors (Lipinski definition) is 14. The molecule has 6 aromatic rings. The molecule has 472 valence electrons. The number of anilines is 6. The van der Waals surface area contributed by atoms with E-state index in [9.17, 15) is 43.2 Å². The summed E-state index contributed by atoms with van der Waals surface area (Å²) in [6.07, 6.45) is 11.5. The standard InChI is InChI=1S/C61H74N14O14/c1-9-21-88-61(84)75-44-30-51(50(85-8)29-42(44)59(83)74-20-12-15-43(74)60(75)89-53-17-10-11-22-87-53)86-23-13-16-52(77)65-38-25-48(72(6)32-38)57(81)68-41-28-49(73(7)35-41)58(82)67-40-27-46(70(4)34-40)55(79)63-19-14-18-62-54(78)45-26-39(33-69(45)3)66-56(80)47-24-37(31-71(47)5)64-36(2)76/h9,24-35,43,53,60H,1,10-23H2,2-8H3,(H,62,78)(H,63,79)(H,64,76)(H,65,77)(H,66,80)(H,67,82)(H,68,81)/t43-,53?,60-/m0/s1. The molecule has 0 aliphatic carbocycles. The van der Waals surface area contributed by atoms with Crippen molar-refractivity contribution in [2.75, 3.05) is 78.0 Å². The number of nitrogens with one attached hydrogen (secondary N) is 7.